The maximum Gasteiger partial charge on any atom is 0.239 e. The quantitative estimate of drug-likeness (QED) is 0.840. The van der Waals surface area contributed by atoms with Crippen LogP contribution in [0.25, 0.3) is 0 Å². The molecule has 0 saturated heterocycles. The summed E-state index contributed by atoms with van der Waals surface area (Å²) in [6, 6.07) is 7.78. The molecule has 1 atom stereocenters. The summed E-state index contributed by atoms with van der Waals surface area (Å²) in [5, 5.41) is 0. The topological polar surface area (TPSA) is 49.6 Å². The van der Waals surface area contributed by atoms with Gasteiger partial charge in [0.25, 0.3) is 0 Å². The zero-order chi connectivity index (χ0) is 14.4. The molecule has 1 aromatic rings. The fraction of sp³-hybridized carbons (Fsp3) is 0.533. The van der Waals surface area contributed by atoms with Gasteiger partial charge in [0.2, 0.25) is 5.91 Å². The average Bonchev–Trinajstić information content (AvgIpc) is 2.33. The molecule has 0 bridgehead atoms. The number of likely N-dealkylation sites (N-methyl/N-ethyl adjacent to an activating group) is 1. The molecule has 19 heavy (non-hydrogen) atoms. The molecule has 0 heterocycles. The highest BCUT2D eigenvalue weighted by Crippen LogP contribution is 2.08. The number of carbonyl (C=O) groups is 1. The van der Waals surface area contributed by atoms with E-state index in [1.165, 1.54) is 5.56 Å². The van der Waals surface area contributed by atoms with Crippen molar-refractivity contribution in [3.63, 3.8) is 0 Å². The van der Waals surface area contributed by atoms with Gasteiger partial charge in [0.15, 0.2) is 0 Å². The molecule has 4 nitrogen and oxygen atoms in total. The molecule has 106 valence electrons. The zero-order valence-corrected chi connectivity index (χ0v) is 12.4. The molecule has 1 unspecified atom stereocenters. The van der Waals surface area contributed by atoms with Gasteiger partial charge < -0.3 is 15.5 Å². The summed E-state index contributed by atoms with van der Waals surface area (Å²) < 4.78 is 0. The molecule has 1 aromatic carbocycles. The van der Waals surface area contributed by atoms with Gasteiger partial charge in [-0.1, -0.05) is 29.8 Å². The molecule has 0 aliphatic carbocycles. The Kier molecular flexibility index (Phi) is 5.99. The Labute approximate surface area is 116 Å². The lowest BCUT2D eigenvalue weighted by molar-refractivity contribution is -0.133. The lowest BCUT2D eigenvalue weighted by Gasteiger charge is -2.26. The van der Waals surface area contributed by atoms with Crippen LogP contribution in [0.3, 0.4) is 0 Å². The number of nitrogens with two attached hydrogens (primary N) is 1. The molecule has 0 aliphatic rings. The highest BCUT2D eigenvalue weighted by atomic mass is 16.2. The number of hydrogen-bond donors (Lipinski definition) is 1. The molecule has 0 spiro atoms. The van der Waals surface area contributed by atoms with Crippen molar-refractivity contribution in [1.29, 1.82) is 0 Å². The van der Waals surface area contributed by atoms with E-state index >= 15 is 0 Å². The van der Waals surface area contributed by atoms with Gasteiger partial charge in [0.1, 0.15) is 0 Å². The minimum atomic E-state index is -0.452. The first-order valence-corrected chi connectivity index (χ1v) is 6.65. The molecule has 2 N–H and O–H groups in total. The van der Waals surface area contributed by atoms with Crippen molar-refractivity contribution < 1.29 is 4.79 Å². The predicted molar refractivity (Wildman–Crippen MR) is 78.8 cm³/mol. The van der Waals surface area contributed by atoms with E-state index in [0.29, 0.717) is 13.1 Å². The van der Waals surface area contributed by atoms with E-state index in [1.807, 2.05) is 31.1 Å². The summed E-state index contributed by atoms with van der Waals surface area (Å²) >= 11 is 0. The SMILES string of the molecule is Cc1cccc(CN(CCN(C)C)C(=O)C(C)N)c1. The van der Waals surface area contributed by atoms with Crippen molar-refractivity contribution in [3.05, 3.63) is 35.4 Å². The summed E-state index contributed by atoms with van der Waals surface area (Å²) in [7, 11) is 4.00. The Morgan fingerprint density at radius 3 is 2.53 bits per heavy atom. The maximum atomic E-state index is 12.1. The zero-order valence-electron chi connectivity index (χ0n) is 12.4. The van der Waals surface area contributed by atoms with Gasteiger partial charge in [-0.15, -0.1) is 0 Å². The first kappa shape index (κ1) is 15.7. The first-order chi connectivity index (χ1) is 8.90. The third kappa shape index (κ3) is 5.41. The molecule has 0 radical (unpaired) electrons. The van der Waals surface area contributed by atoms with Gasteiger partial charge in [-0.3, -0.25) is 4.79 Å². The molecule has 0 saturated carbocycles. The number of aryl methyl sites for hydroxylation is 1. The van der Waals surface area contributed by atoms with Crippen LogP contribution in [0, 0.1) is 6.92 Å². The van der Waals surface area contributed by atoms with Crippen molar-refractivity contribution in [2.75, 3.05) is 27.2 Å². The number of rotatable bonds is 6. The lowest BCUT2D eigenvalue weighted by Crippen LogP contribution is -2.44. The van der Waals surface area contributed by atoms with E-state index in [2.05, 4.69) is 24.0 Å². The monoisotopic (exact) mass is 263 g/mol. The first-order valence-electron chi connectivity index (χ1n) is 6.65. The summed E-state index contributed by atoms with van der Waals surface area (Å²) in [4.78, 5) is 16.0. The number of nitrogens with zero attached hydrogens (tertiary/aromatic N) is 2. The van der Waals surface area contributed by atoms with Crippen LogP contribution in [0.4, 0.5) is 0 Å². The highest BCUT2D eigenvalue weighted by Gasteiger charge is 2.17. The summed E-state index contributed by atoms with van der Waals surface area (Å²) in [6.07, 6.45) is 0. The smallest absolute Gasteiger partial charge is 0.239 e. The fourth-order valence-electron chi connectivity index (χ4n) is 1.91. The van der Waals surface area contributed by atoms with E-state index in [1.54, 1.807) is 6.92 Å². The largest absolute Gasteiger partial charge is 0.336 e. The van der Waals surface area contributed by atoms with Crippen molar-refractivity contribution in [2.24, 2.45) is 5.73 Å². The molecule has 1 rings (SSSR count). The van der Waals surface area contributed by atoms with Gasteiger partial charge >= 0.3 is 0 Å². The molecule has 1 amide bonds. The minimum Gasteiger partial charge on any atom is -0.336 e. The highest BCUT2D eigenvalue weighted by molar-refractivity contribution is 5.81. The van der Waals surface area contributed by atoms with Gasteiger partial charge in [-0.25, -0.2) is 0 Å². The molecular formula is C15H25N3O. The van der Waals surface area contributed by atoms with Crippen molar-refractivity contribution in [2.45, 2.75) is 26.4 Å². The Morgan fingerprint density at radius 1 is 1.32 bits per heavy atom. The Morgan fingerprint density at radius 2 is 2.00 bits per heavy atom. The van der Waals surface area contributed by atoms with E-state index in [4.69, 9.17) is 5.73 Å². The van der Waals surface area contributed by atoms with Crippen LogP contribution in [0.1, 0.15) is 18.1 Å². The molecular weight excluding hydrogens is 238 g/mol. The third-order valence-corrected chi connectivity index (χ3v) is 2.97. The Hall–Kier alpha value is -1.39. The minimum absolute atomic E-state index is 0.00311. The number of benzene rings is 1. The van der Waals surface area contributed by atoms with Gasteiger partial charge in [-0.2, -0.15) is 0 Å². The summed E-state index contributed by atoms with van der Waals surface area (Å²) in [5.74, 6) is 0.00311. The summed E-state index contributed by atoms with van der Waals surface area (Å²) in [6.45, 7) is 5.95. The van der Waals surface area contributed by atoms with Crippen molar-refractivity contribution in [1.82, 2.24) is 9.80 Å². The van der Waals surface area contributed by atoms with E-state index in [9.17, 15) is 4.79 Å². The van der Waals surface area contributed by atoms with Crippen LogP contribution in [-0.4, -0.2) is 48.9 Å². The number of amides is 1. The number of hydrogen-bond acceptors (Lipinski definition) is 3. The van der Waals surface area contributed by atoms with Crippen molar-refractivity contribution in [3.8, 4) is 0 Å². The third-order valence-electron chi connectivity index (χ3n) is 2.97. The summed E-state index contributed by atoms with van der Waals surface area (Å²) in [5.41, 5.74) is 8.07. The predicted octanol–water partition coefficient (Wildman–Crippen LogP) is 1.23. The normalized spacial score (nSPS) is 12.5. The maximum absolute atomic E-state index is 12.1. The van der Waals surface area contributed by atoms with Crippen LogP contribution in [0.15, 0.2) is 24.3 Å². The van der Waals surface area contributed by atoms with Crippen LogP contribution >= 0.6 is 0 Å². The standard InChI is InChI=1S/C15H25N3O/c1-12-6-5-7-14(10-12)11-18(9-8-17(3)4)15(19)13(2)16/h5-7,10,13H,8-9,11,16H2,1-4H3. The van der Waals surface area contributed by atoms with Crippen LogP contribution in [-0.2, 0) is 11.3 Å². The van der Waals surface area contributed by atoms with Gasteiger partial charge in [-0.05, 0) is 33.5 Å². The molecule has 0 aromatic heterocycles. The Balaban J connectivity index is 2.76. The lowest BCUT2D eigenvalue weighted by atomic mass is 10.1. The number of carbonyl (C=O) groups excluding carboxylic acids is 1. The van der Waals surface area contributed by atoms with Crippen LogP contribution in [0.2, 0.25) is 0 Å². The van der Waals surface area contributed by atoms with Gasteiger partial charge in [0, 0.05) is 19.6 Å². The van der Waals surface area contributed by atoms with Crippen LogP contribution < -0.4 is 5.73 Å². The van der Waals surface area contributed by atoms with Crippen LogP contribution in [0.5, 0.6) is 0 Å². The molecule has 0 fully saturated rings. The average molecular weight is 263 g/mol. The molecule has 4 heteroatoms. The van der Waals surface area contributed by atoms with E-state index < -0.39 is 6.04 Å². The Bertz CT molecular complexity index is 416. The van der Waals surface area contributed by atoms with Gasteiger partial charge in [0.05, 0.1) is 6.04 Å². The second-order valence-corrected chi connectivity index (χ2v) is 5.34. The molecule has 0 aliphatic heterocycles. The van der Waals surface area contributed by atoms with E-state index in [-0.39, 0.29) is 5.91 Å². The second-order valence-electron chi connectivity index (χ2n) is 5.34. The second kappa shape index (κ2) is 7.26. The van der Waals surface area contributed by atoms with Crippen molar-refractivity contribution >= 4 is 5.91 Å². The fourth-order valence-corrected chi connectivity index (χ4v) is 1.91. The van der Waals surface area contributed by atoms with E-state index in [0.717, 1.165) is 12.1 Å².